The molecule has 2 rings (SSSR count). The number of rotatable bonds is 12. The number of benzene rings is 2. The predicted molar refractivity (Wildman–Crippen MR) is 138 cm³/mol. The van der Waals surface area contributed by atoms with E-state index in [1.54, 1.807) is 0 Å². The number of nitrogens with one attached hydrogen (secondary N) is 1. The lowest BCUT2D eigenvalue weighted by atomic mass is 9.78. The standard InChI is InChI=1S/C24H32Cl3NO4S/c1-16(12-25)14-32-23-21(26)10-19(11-22(23)27)24(3,4)18-6-8-20(9-7-18)31-15-17(2)13-28-33(5,29)30/h6-11,16-17,28H,12-15H2,1-5H3/t16-,17+/m1/s1. The van der Waals surface area contributed by atoms with Gasteiger partial charge in [0.05, 0.1) is 29.5 Å². The van der Waals surface area contributed by atoms with Crippen LogP contribution >= 0.6 is 34.8 Å². The summed E-state index contributed by atoms with van der Waals surface area (Å²) in [4.78, 5) is 0. The van der Waals surface area contributed by atoms with Crippen molar-refractivity contribution in [1.82, 2.24) is 4.72 Å². The molecule has 2 aromatic carbocycles. The van der Waals surface area contributed by atoms with E-state index in [4.69, 9.17) is 44.3 Å². The van der Waals surface area contributed by atoms with Gasteiger partial charge in [0.1, 0.15) is 5.75 Å². The van der Waals surface area contributed by atoms with Gasteiger partial charge in [-0.25, -0.2) is 13.1 Å². The molecule has 2 aromatic rings. The Balaban J connectivity index is 2.09. The zero-order valence-electron chi connectivity index (χ0n) is 19.6. The SMILES string of the molecule is C[C@H](CCl)COc1c(Cl)cc(C(C)(C)c2ccc(OC[C@@H](C)CNS(C)(=O)=O)cc2)cc1Cl. The van der Waals surface area contributed by atoms with E-state index >= 15 is 0 Å². The van der Waals surface area contributed by atoms with Crippen LogP contribution in [0.15, 0.2) is 36.4 Å². The van der Waals surface area contributed by atoms with Gasteiger partial charge in [-0.2, -0.15) is 0 Å². The summed E-state index contributed by atoms with van der Waals surface area (Å²) in [5.74, 6) is 1.91. The van der Waals surface area contributed by atoms with E-state index in [0.29, 0.717) is 47.2 Å². The van der Waals surface area contributed by atoms with Gasteiger partial charge in [0.15, 0.2) is 5.75 Å². The summed E-state index contributed by atoms with van der Waals surface area (Å²) in [5, 5.41) is 0.924. The van der Waals surface area contributed by atoms with Gasteiger partial charge in [-0.15, -0.1) is 11.6 Å². The number of ether oxygens (including phenoxy) is 2. The Hall–Kier alpha value is -1.18. The molecule has 0 fully saturated rings. The van der Waals surface area contributed by atoms with Crippen molar-refractivity contribution in [1.29, 1.82) is 0 Å². The summed E-state index contributed by atoms with van der Waals surface area (Å²) in [7, 11) is -3.21. The van der Waals surface area contributed by atoms with Crippen molar-refractivity contribution in [2.24, 2.45) is 11.8 Å². The van der Waals surface area contributed by atoms with Gasteiger partial charge < -0.3 is 9.47 Å². The quantitative estimate of drug-likeness (QED) is 0.331. The van der Waals surface area contributed by atoms with Gasteiger partial charge in [-0.3, -0.25) is 0 Å². The van der Waals surface area contributed by atoms with Crippen molar-refractivity contribution in [2.45, 2.75) is 33.1 Å². The fourth-order valence-corrected chi connectivity index (χ4v) is 4.33. The molecule has 2 atom stereocenters. The van der Waals surface area contributed by atoms with Crippen LogP contribution in [0.4, 0.5) is 0 Å². The van der Waals surface area contributed by atoms with Crippen molar-refractivity contribution < 1.29 is 17.9 Å². The van der Waals surface area contributed by atoms with Crippen molar-refractivity contribution >= 4 is 44.8 Å². The van der Waals surface area contributed by atoms with Crippen LogP contribution in [0.1, 0.15) is 38.8 Å². The molecule has 0 unspecified atom stereocenters. The third-order valence-electron chi connectivity index (χ3n) is 5.30. The first kappa shape index (κ1) is 28.1. The summed E-state index contributed by atoms with van der Waals surface area (Å²) in [6, 6.07) is 11.6. The Bertz CT molecular complexity index is 1000. The van der Waals surface area contributed by atoms with Crippen LogP contribution in [-0.4, -0.2) is 40.3 Å². The highest BCUT2D eigenvalue weighted by atomic mass is 35.5. The first-order chi connectivity index (χ1) is 15.3. The van der Waals surface area contributed by atoms with E-state index in [2.05, 4.69) is 18.6 Å². The maximum absolute atomic E-state index is 11.2. The summed E-state index contributed by atoms with van der Waals surface area (Å²) in [6.07, 6.45) is 1.14. The minimum atomic E-state index is -3.21. The van der Waals surface area contributed by atoms with E-state index in [1.165, 1.54) is 0 Å². The monoisotopic (exact) mass is 535 g/mol. The maximum Gasteiger partial charge on any atom is 0.208 e. The van der Waals surface area contributed by atoms with E-state index in [0.717, 1.165) is 17.4 Å². The highest BCUT2D eigenvalue weighted by molar-refractivity contribution is 7.88. The van der Waals surface area contributed by atoms with Crippen LogP contribution in [-0.2, 0) is 15.4 Å². The van der Waals surface area contributed by atoms with Crippen LogP contribution in [0.2, 0.25) is 10.0 Å². The minimum absolute atomic E-state index is 0.0354. The van der Waals surface area contributed by atoms with E-state index in [1.807, 2.05) is 50.2 Å². The number of halogens is 3. The smallest absolute Gasteiger partial charge is 0.208 e. The van der Waals surface area contributed by atoms with Crippen LogP contribution in [0.3, 0.4) is 0 Å². The molecule has 0 amide bonds. The fourth-order valence-electron chi connectivity index (χ4n) is 3.05. The van der Waals surface area contributed by atoms with Gasteiger partial charge in [-0.1, -0.05) is 63.0 Å². The lowest BCUT2D eigenvalue weighted by Gasteiger charge is -2.27. The number of sulfonamides is 1. The Morgan fingerprint density at radius 3 is 2.00 bits per heavy atom. The molecule has 184 valence electrons. The van der Waals surface area contributed by atoms with Gasteiger partial charge in [0.2, 0.25) is 10.0 Å². The molecule has 0 saturated carbocycles. The molecule has 0 aromatic heterocycles. The Morgan fingerprint density at radius 1 is 0.939 bits per heavy atom. The Kier molecular flexibility index (Phi) is 10.2. The molecule has 0 aliphatic carbocycles. The van der Waals surface area contributed by atoms with E-state index in [-0.39, 0.29) is 17.3 Å². The Labute approximate surface area is 212 Å². The molecule has 0 heterocycles. The summed E-state index contributed by atoms with van der Waals surface area (Å²) in [6.45, 7) is 9.28. The molecule has 0 radical (unpaired) electrons. The highest BCUT2D eigenvalue weighted by Crippen LogP contribution is 2.40. The molecular weight excluding hydrogens is 505 g/mol. The van der Waals surface area contributed by atoms with Gasteiger partial charge in [-0.05, 0) is 35.4 Å². The normalized spacial score (nSPS) is 14.1. The molecule has 0 aliphatic heterocycles. The molecule has 5 nitrogen and oxygen atoms in total. The number of alkyl halides is 1. The number of hydrogen-bond acceptors (Lipinski definition) is 4. The van der Waals surface area contributed by atoms with Gasteiger partial charge in [0, 0.05) is 29.7 Å². The zero-order chi connectivity index (χ0) is 24.8. The van der Waals surface area contributed by atoms with Crippen molar-refractivity contribution in [3.63, 3.8) is 0 Å². The molecule has 0 bridgehead atoms. The van der Waals surface area contributed by atoms with Crippen LogP contribution in [0.5, 0.6) is 11.5 Å². The lowest BCUT2D eigenvalue weighted by molar-refractivity contribution is 0.261. The zero-order valence-corrected chi connectivity index (χ0v) is 22.7. The predicted octanol–water partition coefficient (Wildman–Crippen LogP) is 6.14. The fraction of sp³-hybridized carbons (Fsp3) is 0.500. The second kappa shape index (κ2) is 12.0. The molecule has 0 saturated heterocycles. The van der Waals surface area contributed by atoms with Crippen LogP contribution < -0.4 is 14.2 Å². The second-order valence-electron chi connectivity index (χ2n) is 9.03. The van der Waals surface area contributed by atoms with Crippen LogP contribution in [0, 0.1) is 11.8 Å². The van der Waals surface area contributed by atoms with E-state index < -0.39 is 10.0 Å². The molecule has 33 heavy (non-hydrogen) atoms. The molecule has 9 heteroatoms. The highest BCUT2D eigenvalue weighted by Gasteiger charge is 2.26. The third-order valence-corrected chi connectivity index (χ3v) is 7.08. The average Bonchev–Trinajstić information content (AvgIpc) is 2.75. The van der Waals surface area contributed by atoms with Crippen LogP contribution in [0.25, 0.3) is 0 Å². The third kappa shape index (κ3) is 8.52. The van der Waals surface area contributed by atoms with Crippen molar-refractivity contribution in [3.05, 3.63) is 57.6 Å². The van der Waals surface area contributed by atoms with E-state index in [9.17, 15) is 8.42 Å². The Morgan fingerprint density at radius 2 is 1.48 bits per heavy atom. The first-order valence-electron chi connectivity index (χ1n) is 10.7. The molecule has 1 N–H and O–H groups in total. The second-order valence-corrected chi connectivity index (χ2v) is 12.0. The summed E-state index contributed by atoms with van der Waals surface area (Å²) in [5.41, 5.74) is 1.67. The minimum Gasteiger partial charge on any atom is -0.493 e. The largest absolute Gasteiger partial charge is 0.493 e. The average molecular weight is 537 g/mol. The molecule has 0 spiro atoms. The summed E-state index contributed by atoms with van der Waals surface area (Å²) < 4.78 is 36.5. The summed E-state index contributed by atoms with van der Waals surface area (Å²) >= 11 is 18.8. The van der Waals surface area contributed by atoms with Gasteiger partial charge in [0.25, 0.3) is 0 Å². The van der Waals surface area contributed by atoms with Crippen molar-refractivity contribution in [2.75, 3.05) is 31.9 Å². The van der Waals surface area contributed by atoms with Crippen molar-refractivity contribution in [3.8, 4) is 11.5 Å². The topological polar surface area (TPSA) is 64.6 Å². The lowest BCUT2D eigenvalue weighted by Crippen LogP contribution is -2.29. The van der Waals surface area contributed by atoms with Gasteiger partial charge >= 0.3 is 0 Å². The first-order valence-corrected chi connectivity index (χ1v) is 13.9. The molecule has 0 aliphatic rings. The molecular formula is C24H32Cl3NO4S. The number of hydrogen-bond donors (Lipinski definition) is 1. The maximum atomic E-state index is 11.2.